The molecule has 2 amide bonds. The van der Waals surface area contributed by atoms with Gasteiger partial charge in [-0.25, -0.2) is 9.97 Å². The standard InChI is InChI=1S/2C24H24ClN3O4.CH4/c2*1-27-18-8-3-2-7-17(18)26-23(27)21-22(15-5-4-6-16(25)11-15)32-19(12-20(29)30)24(31)28(21)13-14-9-10-14;/h2*2-8,11,14,19,21-22H,9-10,12-13H2,1H3,(H,29,30);1H4/t2*19-,21+,22-;/m10./s1. The molecule has 14 nitrogen and oxygen atoms in total. The highest BCUT2D eigenvalue weighted by atomic mass is 35.5. The molecule has 340 valence electrons. The number of carboxylic acid groups (broad SMARTS) is 2. The van der Waals surface area contributed by atoms with E-state index in [1.807, 2.05) is 108 Å². The number of morpholine rings is 2. The Labute approximate surface area is 386 Å². The van der Waals surface area contributed by atoms with Crippen LogP contribution in [0.5, 0.6) is 0 Å². The van der Waals surface area contributed by atoms with E-state index in [0.717, 1.165) is 58.9 Å². The fourth-order valence-electron chi connectivity index (χ4n) is 9.04. The number of aryl methyl sites for hydroxylation is 2. The highest BCUT2D eigenvalue weighted by Crippen LogP contribution is 2.47. The first-order chi connectivity index (χ1) is 30.8. The molecule has 16 heteroatoms. The van der Waals surface area contributed by atoms with Crippen molar-refractivity contribution in [3.05, 3.63) is 130 Å². The smallest absolute Gasteiger partial charge is 0.306 e. The van der Waals surface area contributed by atoms with Crippen molar-refractivity contribution < 1.29 is 38.9 Å². The van der Waals surface area contributed by atoms with Gasteiger partial charge in [0.1, 0.15) is 48.1 Å². The number of amides is 2. The van der Waals surface area contributed by atoms with Crippen molar-refractivity contribution in [1.29, 1.82) is 0 Å². The number of rotatable bonds is 12. The number of benzene rings is 4. The maximum Gasteiger partial charge on any atom is 0.306 e. The van der Waals surface area contributed by atoms with Crippen molar-refractivity contribution >= 4 is 69.0 Å². The molecule has 4 heterocycles. The molecule has 2 aliphatic carbocycles. The quantitative estimate of drug-likeness (QED) is 0.121. The molecule has 4 aromatic carbocycles. The van der Waals surface area contributed by atoms with Gasteiger partial charge in [-0.3, -0.25) is 19.2 Å². The van der Waals surface area contributed by atoms with Crippen LogP contribution in [0.3, 0.4) is 0 Å². The highest BCUT2D eigenvalue weighted by molar-refractivity contribution is 6.30. The Hall–Kier alpha value is -5.80. The minimum Gasteiger partial charge on any atom is -0.481 e. The largest absolute Gasteiger partial charge is 0.481 e. The SMILES string of the molecule is C.Cn1c([C@@H]2[C@@H](c3cccc(Cl)c3)O[C@H](CC(=O)O)C(=O)N2CC2CC2)nc2ccccc21.Cn1c([C@H]2[C@H](c3cccc(Cl)c3)O[C@@H](CC(=O)O)C(=O)N2CC2CC2)nc2ccccc21. The molecule has 10 rings (SSSR count). The monoisotopic (exact) mass is 922 g/mol. The molecule has 0 unspecified atom stereocenters. The zero-order valence-corrected chi connectivity index (χ0v) is 36.8. The van der Waals surface area contributed by atoms with Crippen molar-refractivity contribution in [2.75, 3.05) is 13.1 Å². The Bertz CT molecular complexity index is 2560. The van der Waals surface area contributed by atoms with Crippen LogP contribution in [0, 0.1) is 11.8 Å². The van der Waals surface area contributed by atoms with E-state index in [4.69, 9.17) is 42.6 Å². The number of halogens is 2. The van der Waals surface area contributed by atoms with E-state index < -0.39 is 48.4 Å². The zero-order valence-electron chi connectivity index (χ0n) is 35.3. The van der Waals surface area contributed by atoms with E-state index in [-0.39, 0.29) is 32.1 Å². The molecule has 4 fully saturated rings. The van der Waals surface area contributed by atoms with E-state index >= 15 is 0 Å². The second-order valence-electron chi connectivity index (χ2n) is 17.2. The number of hydrogen-bond donors (Lipinski definition) is 2. The van der Waals surface area contributed by atoms with Gasteiger partial charge in [-0.1, -0.05) is 79.2 Å². The summed E-state index contributed by atoms with van der Waals surface area (Å²) in [6.45, 7) is 1.12. The summed E-state index contributed by atoms with van der Waals surface area (Å²) in [5, 5.41) is 19.9. The molecule has 4 aliphatic rings. The second-order valence-corrected chi connectivity index (χ2v) is 18.1. The van der Waals surface area contributed by atoms with E-state index in [9.17, 15) is 29.4 Å². The van der Waals surface area contributed by atoms with Crippen LogP contribution in [0.1, 0.15) is 93.0 Å². The highest BCUT2D eigenvalue weighted by Gasteiger charge is 2.49. The van der Waals surface area contributed by atoms with Gasteiger partial charge in [0.25, 0.3) is 11.8 Å². The van der Waals surface area contributed by atoms with Crippen LogP contribution in [0.25, 0.3) is 22.1 Å². The maximum atomic E-state index is 13.5. The van der Waals surface area contributed by atoms with Crippen LogP contribution < -0.4 is 0 Å². The predicted molar refractivity (Wildman–Crippen MR) is 245 cm³/mol. The molecule has 0 bridgehead atoms. The number of imidazole rings is 2. The minimum atomic E-state index is -1.07. The van der Waals surface area contributed by atoms with E-state index in [1.54, 1.807) is 21.9 Å². The van der Waals surface area contributed by atoms with Gasteiger partial charge in [0, 0.05) is 37.2 Å². The van der Waals surface area contributed by atoms with Crippen LogP contribution in [-0.2, 0) is 42.7 Å². The lowest BCUT2D eigenvalue weighted by Crippen LogP contribution is -2.52. The summed E-state index contributed by atoms with van der Waals surface area (Å²) in [4.78, 5) is 63.2. The molecular formula is C49H52Cl2N6O8. The molecule has 0 spiro atoms. The Kier molecular flexibility index (Phi) is 13.4. The summed E-state index contributed by atoms with van der Waals surface area (Å²) >= 11 is 12.6. The summed E-state index contributed by atoms with van der Waals surface area (Å²) in [5.41, 5.74) is 5.16. The fourth-order valence-corrected chi connectivity index (χ4v) is 9.44. The van der Waals surface area contributed by atoms with Crippen molar-refractivity contribution in [2.24, 2.45) is 25.9 Å². The summed E-state index contributed by atoms with van der Waals surface area (Å²) in [5.74, 6) is -0.483. The average molecular weight is 924 g/mol. The summed E-state index contributed by atoms with van der Waals surface area (Å²) in [7, 11) is 3.87. The third-order valence-corrected chi connectivity index (χ3v) is 13.0. The fraction of sp³-hybridized carbons (Fsp3) is 0.388. The number of carbonyl (C=O) groups excluding carboxylic acids is 2. The number of fused-ring (bicyclic) bond motifs is 2. The molecule has 2 saturated carbocycles. The molecule has 2 aromatic heterocycles. The number of aromatic nitrogens is 4. The lowest BCUT2D eigenvalue weighted by atomic mass is 9.95. The third kappa shape index (κ3) is 9.62. The molecule has 2 N–H and O–H groups in total. The van der Waals surface area contributed by atoms with Crippen molar-refractivity contribution in [1.82, 2.24) is 28.9 Å². The molecule has 0 radical (unpaired) electrons. The van der Waals surface area contributed by atoms with Gasteiger partial charge in [0.15, 0.2) is 0 Å². The number of hydrogen-bond acceptors (Lipinski definition) is 8. The lowest BCUT2D eigenvalue weighted by Gasteiger charge is -2.44. The number of para-hydroxylation sites is 4. The maximum absolute atomic E-state index is 13.5. The van der Waals surface area contributed by atoms with E-state index in [0.29, 0.717) is 46.6 Å². The van der Waals surface area contributed by atoms with Gasteiger partial charge in [-0.05, 0) is 97.2 Å². The van der Waals surface area contributed by atoms with Crippen molar-refractivity contribution in [2.45, 2.75) is 82.5 Å². The molecular weight excluding hydrogens is 871 g/mol. The van der Waals surface area contributed by atoms with Crippen LogP contribution in [0.2, 0.25) is 10.0 Å². The Morgan fingerprint density at radius 2 is 1.00 bits per heavy atom. The number of aliphatic carboxylic acids is 2. The van der Waals surface area contributed by atoms with Crippen LogP contribution >= 0.6 is 23.2 Å². The zero-order chi connectivity index (χ0) is 44.8. The molecule has 2 saturated heterocycles. The minimum absolute atomic E-state index is 0. The van der Waals surface area contributed by atoms with Crippen molar-refractivity contribution in [3.63, 3.8) is 0 Å². The topological polar surface area (TPSA) is 169 Å². The number of nitrogens with zero attached hydrogens (tertiary/aromatic N) is 6. The van der Waals surface area contributed by atoms with Gasteiger partial charge >= 0.3 is 11.9 Å². The number of carbonyl (C=O) groups is 4. The Morgan fingerprint density at radius 1 is 0.615 bits per heavy atom. The summed E-state index contributed by atoms with van der Waals surface area (Å²) in [6, 6.07) is 29.3. The van der Waals surface area contributed by atoms with E-state index in [2.05, 4.69) is 0 Å². The number of carboxylic acids is 2. The number of ether oxygens (including phenoxy) is 2. The first kappa shape index (κ1) is 45.8. The predicted octanol–water partition coefficient (Wildman–Crippen LogP) is 8.88. The van der Waals surface area contributed by atoms with Crippen molar-refractivity contribution in [3.8, 4) is 0 Å². The van der Waals surface area contributed by atoms with Crippen LogP contribution in [0.15, 0.2) is 97.1 Å². The normalized spacial score (nSPS) is 23.3. The van der Waals surface area contributed by atoms with Crippen LogP contribution in [0.4, 0.5) is 0 Å². The summed E-state index contributed by atoms with van der Waals surface area (Å²) in [6.07, 6.45) is 0.184. The Morgan fingerprint density at radius 3 is 1.34 bits per heavy atom. The van der Waals surface area contributed by atoms with Gasteiger partial charge in [0.2, 0.25) is 0 Å². The van der Waals surface area contributed by atoms with Gasteiger partial charge < -0.3 is 38.6 Å². The third-order valence-electron chi connectivity index (χ3n) is 12.5. The van der Waals surface area contributed by atoms with Crippen LogP contribution in [-0.4, -0.2) is 88.2 Å². The Balaban J connectivity index is 0.000000175. The molecule has 2 aliphatic heterocycles. The summed E-state index contributed by atoms with van der Waals surface area (Å²) < 4.78 is 16.4. The molecule has 65 heavy (non-hydrogen) atoms. The first-order valence-electron chi connectivity index (χ1n) is 21.5. The molecule has 6 aromatic rings. The second kappa shape index (κ2) is 19.0. The van der Waals surface area contributed by atoms with Gasteiger partial charge in [0.05, 0.1) is 34.9 Å². The van der Waals surface area contributed by atoms with Gasteiger partial charge in [-0.15, -0.1) is 0 Å². The first-order valence-corrected chi connectivity index (χ1v) is 22.3. The molecule has 6 atom stereocenters. The lowest BCUT2D eigenvalue weighted by molar-refractivity contribution is -0.180. The average Bonchev–Trinajstić information content (AvgIpc) is 4.21. The van der Waals surface area contributed by atoms with Gasteiger partial charge in [-0.2, -0.15) is 0 Å². The van der Waals surface area contributed by atoms with E-state index in [1.165, 1.54) is 0 Å².